The standard InChI is InChI=1S/C18H29NO/c1-14-9-10-16(13-15(14)2)17(20)18(3,4)19-11-7-5-6-8-12-19/h9-10,13,17,20H,5-8,11-12H2,1-4H3. The van der Waals surface area contributed by atoms with Crippen LogP contribution < -0.4 is 0 Å². The van der Waals surface area contributed by atoms with E-state index in [9.17, 15) is 5.11 Å². The van der Waals surface area contributed by atoms with Crippen molar-refractivity contribution < 1.29 is 5.11 Å². The second kappa shape index (κ2) is 6.28. The SMILES string of the molecule is Cc1ccc(C(O)C(C)(C)N2CCCCCC2)cc1C. The van der Waals surface area contributed by atoms with Gasteiger partial charge in [0.1, 0.15) is 0 Å². The third-order valence-corrected chi connectivity index (χ3v) is 4.94. The lowest BCUT2D eigenvalue weighted by Gasteiger charge is -2.41. The Morgan fingerprint density at radius 1 is 1.00 bits per heavy atom. The summed E-state index contributed by atoms with van der Waals surface area (Å²) in [6.45, 7) is 10.8. The van der Waals surface area contributed by atoms with E-state index in [4.69, 9.17) is 0 Å². The summed E-state index contributed by atoms with van der Waals surface area (Å²) in [5.74, 6) is 0. The van der Waals surface area contributed by atoms with E-state index >= 15 is 0 Å². The van der Waals surface area contributed by atoms with Gasteiger partial charge in [-0.2, -0.15) is 0 Å². The molecule has 112 valence electrons. The molecule has 1 aromatic carbocycles. The number of benzene rings is 1. The van der Waals surface area contributed by atoms with Crippen LogP contribution in [0.1, 0.15) is 62.3 Å². The molecule has 1 aromatic rings. The minimum Gasteiger partial charge on any atom is -0.386 e. The lowest BCUT2D eigenvalue weighted by molar-refractivity contribution is -0.0100. The molecule has 2 rings (SSSR count). The van der Waals surface area contributed by atoms with Gasteiger partial charge in [-0.3, -0.25) is 4.90 Å². The lowest BCUT2D eigenvalue weighted by Crippen LogP contribution is -2.48. The number of hydrogen-bond acceptors (Lipinski definition) is 2. The summed E-state index contributed by atoms with van der Waals surface area (Å²) in [6.07, 6.45) is 4.73. The summed E-state index contributed by atoms with van der Waals surface area (Å²) < 4.78 is 0. The van der Waals surface area contributed by atoms with E-state index < -0.39 is 6.10 Å². The molecule has 0 radical (unpaired) electrons. The molecule has 0 saturated carbocycles. The molecule has 1 fully saturated rings. The summed E-state index contributed by atoms with van der Waals surface area (Å²) in [5.41, 5.74) is 3.38. The zero-order valence-corrected chi connectivity index (χ0v) is 13.4. The Kier molecular flexibility index (Phi) is 4.87. The van der Waals surface area contributed by atoms with Gasteiger partial charge in [0.25, 0.3) is 0 Å². The first-order chi connectivity index (χ1) is 9.43. The van der Waals surface area contributed by atoms with Crippen molar-refractivity contribution >= 4 is 0 Å². The molecule has 1 saturated heterocycles. The Hall–Kier alpha value is -0.860. The fourth-order valence-corrected chi connectivity index (χ4v) is 3.16. The molecule has 1 aliphatic heterocycles. The summed E-state index contributed by atoms with van der Waals surface area (Å²) in [7, 11) is 0. The van der Waals surface area contributed by atoms with Crippen LogP contribution >= 0.6 is 0 Å². The van der Waals surface area contributed by atoms with Gasteiger partial charge in [-0.25, -0.2) is 0 Å². The van der Waals surface area contributed by atoms with Gasteiger partial charge in [0.15, 0.2) is 0 Å². The number of likely N-dealkylation sites (tertiary alicyclic amines) is 1. The van der Waals surface area contributed by atoms with E-state index in [0.717, 1.165) is 18.7 Å². The first-order valence-electron chi connectivity index (χ1n) is 7.93. The van der Waals surface area contributed by atoms with Gasteiger partial charge >= 0.3 is 0 Å². The van der Waals surface area contributed by atoms with Gasteiger partial charge in [-0.05, 0) is 70.3 Å². The molecule has 0 aromatic heterocycles. The van der Waals surface area contributed by atoms with Crippen molar-refractivity contribution in [3.05, 3.63) is 34.9 Å². The van der Waals surface area contributed by atoms with Crippen LogP contribution in [0.3, 0.4) is 0 Å². The number of aliphatic hydroxyl groups is 1. The van der Waals surface area contributed by atoms with Gasteiger partial charge in [0.2, 0.25) is 0 Å². The Labute approximate surface area is 123 Å². The summed E-state index contributed by atoms with van der Waals surface area (Å²) in [6, 6.07) is 6.33. The molecule has 0 spiro atoms. The van der Waals surface area contributed by atoms with Crippen LogP contribution in [-0.2, 0) is 0 Å². The van der Waals surface area contributed by atoms with Gasteiger partial charge < -0.3 is 5.11 Å². The van der Waals surface area contributed by atoms with Crippen LogP contribution in [0.15, 0.2) is 18.2 Å². The second-order valence-electron chi connectivity index (χ2n) is 6.80. The smallest absolute Gasteiger partial charge is 0.0968 e. The van der Waals surface area contributed by atoms with Gasteiger partial charge in [-0.1, -0.05) is 31.0 Å². The minimum atomic E-state index is -0.431. The van der Waals surface area contributed by atoms with Gasteiger partial charge in [0, 0.05) is 5.54 Å². The van der Waals surface area contributed by atoms with E-state index in [1.165, 1.54) is 36.8 Å². The quantitative estimate of drug-likeness (QED) is 0.901. The summed E-state index contributed by atoms with van der Waals surface area (Å²) in [5, 5.41) is 10.9. The summed E-state index contributed by atoms with van der Waals surface area (Å²) >= 11 is 0. The molecule has 20 heavy (non-hydrogen) atoms. The molecule has 0 aliphatic carbocycles. The molecule has 1 atom stereocenters. The molecule has 1 heterocycles. The van der Waals surface area contributed by atoms with Crippen molar-refractivity contribution in [2.45, 2.75) is 65.0 Å². The first-order valence-corrected chi connectivity index (χ1v) is 7.93. The van der Waals surface area contributed by atoms with Crippen molar-refractivity contribution in [1.29, 1.82) is 0 Å². The van der Waals surface area contributed by atoms with Gasteiger partial charge in [-0.15, -0.1) is 0 Å². The Morgan fingerprint density at radius 2 is 1.60 bits per heavy atom. The average Bonchev–Trinajstić information content (AvgIpc) is 2.70. The third-order valence-electron chi connectivity index (χ3n) is 4.94. The van der Waals surface area contributed by atoms with Crippen LogP contribution in [0, 0.1) is 13.8 Å². The van der Waals surface area contributed by atoms with E-state index in [1.807, 2.05) is 0 Å². The highest BCUT2D eigenvalue weighted by atomic mass is 16.3. The van der Waals surface area contributed by atoms with Crippen LogP contribution in [0.4, 0.5) is 0 Å². The molecule has 1 unspecified atom stereocenters. The van der Waals surface area contributed by atoms with E-state index in [0.29, 0.717) is 0 Å². The molecule has 2 heteroatoms. The van der Waals surface area contributed by atoms with Crippen molar-refractivity contribution in [3.8, 4) is 0 Å². The maximum absolute atomic E-state index is 10.9. The molecule has 2 nitrogen and oxygen atoms in total. The molecular weight excluding hydrogens is 246 g/mol. The topological polar surface area (TPSA) is 23.5 Å². The van der Waals surface area contributed by atoms with Crippen LogP contribution in [0.25, 0.3) is 0 Å². The predicted octanol–water partition coefficient (Wildman–Crippen LogP) is 3.99. The molecule has 1 aliphatic rings. The Morgan fingerprint density at radius 3 is 2.15 bits per heavy atom. The molecule has 1 N–H and O–H groups in total. The average molecular weight is 275 g/mol. The van der Waals surface area contributed by atoms with Crippen molar-refractivity contribution in [1.82, 2.24) is 4.90 Å². The van der Waals surface area contributed by atoms with Crippen molar-refractivity contribution in [3.63, 3.8) is 0 Å². The van der Waals surface area contributed by atoms with Gasteiger partial charge in [0.05, 0.1) is 6.10 Å². The van der Waals surface area contributed by atoms with E-state index in [1.54, 1.807) is 0 Å². The zero-order chi connectivity index (χ0) is 14.8. The lowest BCUT2D eigenvalue weighted by atomic mass is 9.88. The predicted molar refractivity (Wildman–Crippen MR) is 85.0 cm³/mol. The maximum Gasteiger partial charge on any atom is 0.0968 e. The highest BCUT2D eigenvalue weighted by Crippen LogP contribution is 2.33. The second-order valence-corrected chi connectivity index (χ2v) is 6.80. The third kappa shape index (κ3) is 3.24. The minimum absolute atomic E-state index is 0.202. The fourth-order valence-electron chi connectivity index (χ4n) is 3.16. The highest BCUT2D eigenvalue weighted by molar-refractivity contribution is 5.32. The Bertz CT molecular complexity index is 445. The summed E-state index contributed by atoms with van der Waals surface area (Å²) in [4.78, 5) is 2.47. The maximum atomic E-state index is 10.9. The van der Waals surface area contributed by atoms with Crippen LogP contribution in [0.2, 0.25) is 0 Å². The monoisotopic (exact) mass is 275 g/mol. The zero-order valence-electron chi connectivity index (χ0n) is 13.4. The fraction of sp³-hybridized carbons (Fsp3) is 0.667. The van der Waals surface area contributed by atoms with E-state index in [2.05, 4.69) is 50.8 Å². The number of aliphatic hydroxyl groups excluding tert-OH is 1. The van der Waals surface area contributed by atoms with Crippen molar-refractivity contribution in [2.24, 2.45) is 0 Å². The molecular formula is C18H29NO. The molecule has 0 bridgehead atoms. The van der Waals surface area contributed by atoms with Crippen LogP contribution in [-0.4, -0.2) is 28.6 Å². The number of hydrogen-bond donors (Lipinski definition) is 1. The number of rotatable bonds is 3. The number of aryl methyl sites for hydroxylation is 2. The van der Waals surface area contributed by atoms with Crippen LogP contribution in [0.5, 0.6) is 0 Å². The number of nitrogens with zero attached hydrogens (tertiary/aromatic N) is 1. The normalized spacial score (nSPS) is 19.6. The van der Waals surface area contributed by atoms with Crippen molar-refractivity contribution in [2.75, 3.05) is 13.1 Å². The Balaban J connectivity index is 2.20. The first kappa shape index (κ1) is 15.5. The van der Waals surface area contributed by atoms with E-state index in [-0.39, 0.29) is 5.54 Å². The highest BCUT2D eigenvalue weighted by Gasteiger charge is 2.35. The largest absolute Gasteiger partial charge is 0.386 e. The molecule has 0 amide bonds.